The van der Waals surface area contributed by atoms with E-state index in [-0.39, 0.29) is 11.1 Å². The third-order valence-corrected chi connectivity index (χ3v) is 1.75. The van der Waals surface area contributed by atoms with Crippen LogP contribution in [0, 0.1) is 23.1 Å². The zero-order chi connectivity index (χ0) is 11.5. The van der Waals surface area contributed by atoms with Gasteiger partial charge in [0.15, 0.2) is 11.5 Å². The van der Waals surface area contributed by atoms with E-state index in [2.05, 4.69) is 21.8 Å². The summed E-state index contributed by atoms with van der Waals surface area (Å²) in [5.74, 6) is 5.31. The Morgan fingerprint density at radius 3 is 2.53 bits per heavy atom. The highest BCUT2D eigenvalue weighted by molar-refractivity contribution is 5.31. The molecule has 0 saturated carbocycles. The van der Waals surface area contributed by atoms with Crippen LogP contribution in [0.15, 0.2) is 6.33 Å². The minimum Gasteiger partial charge on any atom is -0.238 e. The number of hydrogen-bond donors (Lipinski definition) is 0. The summed E-state index contributed by atoms with van der Waals surface area (Å²) in [6.07, 6.45) is 1.91. The zero-order valence-electron chi connectivity index (χ0n) is 9.56. The molecule has 0 fully saturated rings. The van der Waals surface area contributed by atoms with Gasteiger partial charge in [0.1, 0.15) is 6.33 Å². The Labute approximate surface area is 90.0 Å². The van der Waals surface area contributed by atoms with Gasteiger partial charge in [-0.3, -0.25) is 0 Å². The first-order valence-electron chi connectivity index (χ1n) is 4.96. The van der Waals surface area contributed by atoms with Crippen molar-refractivity contribution >= 4 is 0 Å². The molecule has 0 atom stereocenters. The summed E-state index contributed by atoms with van der Waals surface area (Å²) in [5, 5.41) is 0. The molecule has 2 nitrogen and oxygen atoms in total. The highest BCUT2D eigenvalue weighted by atomic mass is 19.1. The van der Waals surface area contributed by atoms with Crippen LogP contribution in [0.2, 0.25) is 0 Å². The van der Waals surface area contributed by atoms with Gasteiger partial charge < -0.3 is 0 Å². The second-order valence-electron chi connectivity index (χ2n) is 4.34. The summed E-state index contributed by atoms with van der Waals surface area (Å²) in [4.78, 5) is 7.68. The van der Waals surface area contributed by atoms with Crippen molar-refractivity contribution < 1.29 is 4.39 Å². The van der Waals surface area contributed by atoms with E-state index in [1.54, 1.807) is 0 Å². The molecular formula is C12H15FN2. The smallest absolute Gasteiger partial charge is 0.178 e. The van der Waals surface area contributed by atoms with Gasteiger partial charge in [-0.25, -0.2) is 14.4 Å². The highest BCUT2D eigenvalue weighted by Gasteiger charge is 2.08. The molecule has 1 aromatic heterocycles. The molecule has 15 heavy (non-hydrogen) atoms. The lowest BCUT2D eigenvalue weighted by Gasteiger charge is -2.07. The van der Waals surface area contributed by atoms with Crippen molar-refractivity contribution in [1.82, 2.24) is 9.97 Å². The Balaban J connectivity index is 3.10. The maximum Gasteiger partial charge on any atom is 0.178 e. The third kappa shape index (κ3) is 3.32. The average molecular weight is 206 g/mol. The van der Waals surface area contributed by atoms with Crippen molar-refractivity contribution in [2.75, 3.05) is 0 Å². The highest BCUT2D eigenvalue weighted by Crippen LogP contribution is 2.12. The Morgan fingerprint density at radius 1 is 1.33 bits per heavy atom. The molecule has 0 aliphatic rings. The molecular weight excluding hydrogens is 191 g/mol. The summed E-state index contributed by atoms with van der Waals surface area (Å²) < 4.78 is 13.6. The molecule has 0 amide bonds. The van der Waals surface area contributed by atoms with Gasteiger partial charge in [-0.15, -0.1) is 0 Å². The van der Waals surface area contributed by atoms with Gasteiger partial charge in [-0.1, -0.05) is 12.8 Å². The molecule has 1 aromatic rings. The largest absolute Gasteiger partial charge is 0.238 e. The topological polar surface area (TPSA) is 25.8 Å². The number of hydrogen-bond acceptors (Lipinski definition) is 2. The minimum absolute atomic E-state index is 0.149. The Morgan fingerprint density at radius 2 is 2.00 bits per heavy atom. The van der Waals surface area contributed by atoms with E-state index >= 15 is 0 Å². The fourth-order valence-corrected chi connectivity index (χ4v) is 0.987. The van der Waals surface area contributed by atoms with Gasteiger partial charge in [0.2, 0.25) is 0 Å². The Bertz CT molecular complexity index is 408. The number of aromatic nitrogens is 2. The minimum atomic E-state index is -0.392. The van der Waals surface area contributed by atoms with E-state index in [1.807, 2.05) is 27.7 Å². The van der Waals surface area contributed by atoms with Crippen LogP contribution in [0.3, 0.4) is 0 Å². The van der Waals surface area contributed by atoms with Crippen LogP contribution < -0.4 is 0 Å². The normalized spacial score (nSPS) is 10.7. The number of nitrogens with zero attached hydrogens (tertiary/aromatic N) is 2. The van der Waals surface area contributed by atoms with E-state index in [1.165, 1.54) is 6.33 Å². The van der Waals surface area contributed by atoms with E-state index < -0.39 is 5.82 Å². The first kappa shape index (κ1) is 11.6. The number of halogens is 1. The van der Waals surface area contributed by atoms with Crippen LogP contribution in [-0.4, -0.2) is 9.97 Å². The lowest BCUT2D eigenvalue weighted by Crippen LogP contribution is -2.02. The maximum atomic E-state index is 13.6. The standard InChI is InChI=1S/C12H15FN2/c1-5-9-11(13)10(15-8-14-9)6-7-12(2,3)4/h8H,5H2,1-4H3. The van der Waals surface area contributed by atoms with Crippen molar-refractivity contribution in [1.29, 1.82) is 0 Å². The maximum absolute atomic E-state index is 13.6. The molecule has 0 N–H and O–H groups in total. The van der Waals surface area contributed by atoms with E-state index in [9.17, 15) is 4.39 Å². The molecule has 0 saturated heterocycles. The molecule has 1 rings (SSSR count). The monoisotopic (exact) mass is 206 g/mol. The van der Waals surface area contributed by atoms with Crippen LogP contribution >= 0.6 is 0 Å². The predicted molar refractivity (Wildman–Crippen MR) is 57.7 cm³/mol. The van der Waals surface area contributed by atoms with E-state index in [0.29, 0.717) is 12.1 Å². The lowest BCUT2D eigenvalue weighted by molar-refractivity contribution is 0.569. The molecule has 3 heteroatoms. The first-order chi connectivity index (χ1) is 6.94. The van der Waals surface area contributed by atoms with Crippen LogP contribution in [0.5, 0.6) is 0 Å². The van der Waals surface area contributed by atoms with Gasteiger partial charge in [-0.2, -0.15) is 0 Å². The predicted octanol–water partition coefficient (Wildman–Crippen LogP) is 2.58. The van der Waals surface area contributed by atoms with Crippen LogP contribution in [-0.2, 0) is 6.42 Å². The molecule has 0 aromatic carbocycles. The third-order valence-electron chi connectivity index (χ3n) is 1.75. The molecule has 0 aliphatic heterocycles. The molecule has 1 heterocycles. The molecule has 0 radical (unpaired) electrons. The van der Waals surface area contributed by atoms with Crippen LogP contribution in [0.1, 0.15) is 39.1 Å². The van der Waals surface area contributed by atoms with Gasteiger partial charge in [0.25, 0.3) is 0 Å². The van der Waals surface area contributed by atoms with Crippen molar-refractivity contribution in [3.8, 4) is 11.8 Å². The number of rotatable bonds is 1. The Hall–Kier alpha value is -1.43. The molecule has 0 spiro atoms. The van der Waals surface area contributed by atoms with Crippen LogP contribution in [0.4, 0.5) is 4.39 Å². The van der Waals surface area contributed by atoms with E-state index in [4.69, 9.17) is 0 Å². The molecule has 80 valence electrons. The van der Waals surface area contributed by atoms with Gasteiger partial charge in [0, 0.05) is 5.41 Å². The summed E-state index contributed by atoms with van der Waals surface area (Å²) in [6.45, 7) is 7.77. The summed E-state index contributed by atoms with van der Waals surface area (Å²) in [7, 11) is 0. The lowest BCUT2D eigenvalue weighted by atomic mass is 9.98. The summed E-state index contributed by atoms with van der Waals surface area (Å²) in [6, 6.07) is 0. The van der Waals surface area contributed by atoms with Gasteiger partial charge >= 0.3 is 0 Å². The first-order valence-corrected chi connectivity index (χ1v) is 4.96. The summed E-state index contributed by atoms with van der Waals surface area (Å²) >= 11 is 0. The Kier molecular flexibility index (Phi) is 3.41. The van der Waals surface area contributed by atoms with Crippen molar-refractivity contribution in [3.63, 3.8) is 0 Å². The summed E-state index contributed by atoms with van der Waals surface area (Å²) in [5.41, 5.74) is 0.462. The second-order valence-corrected chi connectivity index (χ2v) is 4.34. The molecule has 0 aliphatic carbocycles. The van der Waals surface area contributed by atoms with Crippen molar-refractivity contribution in [2.45, 2.75) is 34.1 Å². The van der Waals surface area contributed by atoms with Crippen molar-refractivity contribution in [2.24, 2.45) is 5.41 Å². The second kappa shape index (κ2) is 4.39. The quantitative estimate of drug-likeness (QED) is 0.660. The fourth-order valence-electron chi connectivity index (χ4n) is 0.987. The fraction of sp³-hybridized carbons (Fsp3) is 0.500. The SMILES string of the molecule is CCc1ncnc(C#CC(C)(C)C)c1F. The molecule has 0 unspecified atom stereocenters. The van der Waals surface area contributed by atoms with Crippen LogP contribution in [0.25, 0.3) is 0 Å². The van der Waals surface area contributed by atoms with Crippen molar-refractivity contribution in [3.05, 3.63) is 23.5 Å². The van der Waals surface area contributed by atoms with Gasteiger partial charge in [0.05, 0.1) is 5.69 Å². The molecule has 0 bridgehead atoms. The number of aryl methyl sites for hydroxylation is 1. The van der Waals surface area contributed by atoms with Gasteiger partial charge in [-0.05, 0) is 33.1 Å². The van der Waals surface area contributed by atoms with E-state index in [0.717, 1.165) is 0 Å². The zero-order valence-corrected chi connectivity index (χ0v) is 9.56. The average Bonchev–Trinajstić information content (AvgIpc) is 2.15.